The van der Waals surface area contributed by atoms with Gasteiger partial charge in [-0.1, -0.05) is 48.6 Å². The van der Waals surface area contributed by atoms with Crippen molar-refractivity contribution in [3.05, 3.63) is 53.6 Å². The molecule has 1 aliphatic heterocycles. The van der Waals surface area contributed by atoms with E-state index < -0.39 is 0 Å². The van der Waals surface area contributed by atoms with E-state index in [1.807, 2.05) is 42.5 Å². The van der Waals surface area contributed by atoms with Gasteiger partial charge < -0.3 is 0 Å². The summed E-state index contributed by atoms with van der Waals surface area (Å²) in [5, 5.41) is 4.69. The lowest BCUT2D eigenvalue weighted by molar-refractivity contribution is -0.125. The Morgan fingerprint density at radius 1 is 0.947 bits per heavy atom. The number of rotatable bonds is 0. The molecule has 0 spiro atoms. The third-order valence-electron chi connectivity index (χ3n) is 4.00. The van der Waals surface area contributed by atoms with Gasteiger partial charge in [-0.25, -0.2) is 0 Å². The van der Waals surface area contributed by atoms with Gasteiger partial charge >= 0.3 is 0 Å². The molecule has 0 radical (unpaired) electrons. The molecule has 92 valence electrons. The molecule has 1 N–H and O–H groups in total. The molecule has 2 amide bonds. The minimum atomic E-state index is -0.364. The SMILES string of the molecule is O=C1NC(=O)C2c3ccc4ccccc4c3C=CC12. The Morgan fingerprint density at radius 2 is 1.79 bits per heavy atom. The first kappa shape index (κ1) is 10.5. The van der Waals surface area contributed by atoms with Gasteiger partial charge in [-0.2, -0.15) is 0 Å². The minimum Gasteiger partial charge on any atom is -0.295 e. The van der Waals surface area contributed by atoms with Crippen LogP contribution in [0.1, 0.15) is 17.0 Å². The molecule has 2 unspecified atom stereocenters. The monoisotopic (exact) mass is 249 g/mol. The van der Waals surface area contributed by atoms with Crippen LogP contribution in [-0.2, 0) is 9.59 Å². The first-order valence-electron chi connectivity index (χ1n) is 6.30. The number of carbonyl (C=O) groups is 2. The smallest absolute Gasteiger partial charge is 0.235 e. The number of hydrogen-bond acceptors (Lipinski definition) is 2. The highest BCUT2D eigenvalue weighted by Gasteiger charge is 2.43. The van der Waals surface area contributed by atoms with Gasteiger partial charge in [0.2, 0.25) is 11.8 Å². The Bertz CT molecular complexity index is 760. The van der Waals surface area contributed by atoms with Crippen molar-refractivity contribution in [1.82, 2.24) is 5.32 Å². The highest BCUT2D eigenvalue weighted by molar-refractivity contribution is 6.11. The summed E-state index contributed by atoms with van der Waals surface area (Å²) in [5.74, 6) is -1.08. The number of fused-ring (bicyclic) bond motifs is 5. The van der Waals surface area contributed by atoms with Gasteiger partial charge in [-0.3, -0.25) is 14.9 Å². The second-order valence-corrected chi connectivity index (χ2v) is 5.01. The van der Waals surface area contributed by atoms with Crippen molar-refractivity contribution < 1.29 is 9.59 Å². The summed E-state index contributed by atoms with van der Waals surface area (Å²) >= 11 is 0. The van der Waals surface area contributed by atoms with Crippen molar-refractivity contribution in [2.45, 2.75) is 5.92 Å². The normalized spacial score (nSPS) is 24.2. The lowest BCUT2D eigenvalue weighted by atomic mass is 9.79. The Labute approximate surface area is 109 Å². The van der Waals surface area contributed by atoms with E-state index in [4.69, 9.17) is 0 Å². The third kappa shape index (κ3) is 1.32. The number of imide groups is 1. The topological polar surface area (TPSA) is 46.2 Å². The second kappa shape index (κ2) is 3.54. The highest BCUT2D eigenvalue weighted by Crippen LogP contribution is 2.40. The summed E-state index contributed by atoms with van der Waals surface area (Å²) in [6, 6.07) is 12.1. The molecule has 2 aromatic rings. The van der Waals surface area contributed by atoms with Gasteiger partial charge in [0, 0.05) is 0 Å². The molecule has 1 heterocycles. The van der Waals surface area contributed by atoms with Crippen LogP contribution in [0, 0.1) is 5.92 Å². The van der Waals surface area contributed by atoms with Crippen molar-refractivity contribution in [3.63, 3.8) is 0 Å². The first-order chi connectivity index (χ1) is 9.25. The zero-order valence-corrected chi connectivity index (χ0v) is 10.1. The minimum absolute atomic E-state index is 0.184. The van der Waals surface area contributed by atoms with E-state index in [1.54, 1.807) is 0 Å². The fourth-order valence-electron chi connectivity index (χ4n) is 3.10. The van der Waals surface area contributed by atoms with Gasteiger partial charge in [0.05, 0.1) is 11.8 Å². The quantitative estimate of drug-likeness (QED) is 0.728. The summed E-state index contributed by atoms with van der Waals surface area (Å²) in [6.45, 7) is 0. The molecule has 2 aromatic carbocycles. The van der Waals surface area contributed by atoms with Crippen LogP contribution in [0.4, 0.5) is 0 Å². The van der Waals surface area contributed by atoms with Crippen molar-refractivity contribution in [2.75, 3.05) is 0 Å². The summed E-state index contributed by atoms with van der Waals surface area (Å²) in [5.41, 5.74) is 2.01. The van der Waals surface area contributed by atoms with Crippen molar-refractivity contribution in [2.24, 2.45) is 5.92 Å². The van der Waals surface area contributed by atoms with Crippen LogP contribution in [-0.4, -0.2) is 11.8 Å². The molecule has 19 heavy (non-hydrogen) atoms. The fraction of sp³-hybridized carbons (Fsp3) is 0.125. The second-order valence-electron chi connectivity index (χ2n) is 5.01. The number of benzene rings is 2. The highest BCUT2D eigenvalue weighted by atomic mass is 16.2. The van der Waals surface area contributed by atoms with Crippen molar-refractivity contribution >= 4 is 28.7 Å². The lowest BCUT2D eigenvalue weighted by Gasteiger charge is -2.21. The first-order valence-corrected chi connectivity index (χ1v) is 6.30. The molecule has 1 aliphatic carbocycles. The summed E-state index contributed by atoms with van der Waals surface area (Å²) in [7, 11) is 0. The predicted molar refractivity (Wildman–Crippen MR) is 72.4 cm³/mol. The van der Waals surface area contributed by atoms with E-state index in [2.05, 4.69) is 11.4 Å². The molecule has 2 aliphatic rings. The van der Waals surface area contributed by atoms with Crippen molar-refractivity contribution in [3.8, 4) is 0 Å². The van der Waals surface area contributed by atoms with Gasteiger partial charge in [0.15, 0.2) is 0 Å². The molecule has 0 bridgehead atoms. The molecule has 0 saturated carbocycles. The predicted octanol–water partition coefficient (Wildman–Crippen LogP) is 2.22. The van der Waals surface area contributed by atoms with E-state index >= 15 is 0 Å². The molecule has 4 rings (SSSR count). The Morgan fingerprint density at radius 3 is 2.68 bits per heavy atom. The Kier molecular flexibility index (Phi) is 1.96. The maximum atomic E-state index is 12.0. The number of nitrogens with one attached hydrogen (secondary N) is 1. The lowest BCUT2D eigenvalue weighted by Crippen LogP contribution is -2.21. The summed E-state index contributed by atoms with van der Waals surface area (Å²) < 4.78 is 0. The maximum Gasteiger partial charge on any atom is 0.235 e. The fourth-order valence-corrected chi connectivity index (χ4v) is 3.10. The van der Waals surface area contributed by atoms with Gasteiger partial charge in [-0.05, 0) is 21.9 Å². The van der Waals surface area contributed by atoms with Crippen molar-refractivity contribution in [1.29, 1.82) is 0 Å². The molecule has 0 aromatic heterocycles. The molecular weight excluding hydrogens is 238 g/mol. The van der Waals surface area contributed by atoms with Crippen LogP contribution in [0.5, 0.6) is 0 Å². The van der Waals surface area contributed by atoms with Crippen LogP contribution >= 0.6 is 0 Å². The third-order valence-corrected chi connectivity index (χ3v) is 4.00. The zero-order valence-electron chi connectivity index (χ0n) is 10.1. The van der Waals surface area contributed by atoms with E-state index in [1.165, 1.54) is 0 Å². The van der Waals surface area contributed by atoms with E-state index in [0.29, 0.717) is 0 Å². The van der Waals surface area contributed by atoms with E-state index in [9.17, 15) is 9.59 Å². The average Bonchev–Trinajstić information content (AvgIpc) is 2.74. The van der Waals surface area contributed by atoms with E-state index in [-0.39, 0.29) is 23.7 Å². The van der Waals surface area contributed by atoms with Crippen LogP contribution in [0.15, 0.2) is 42.5 Å². The Hall–Kier alpha value is -2.42. The number of hydrogen-bond donors (Lipinski definition) is 1. The summed E-state index contributed by atoms with van der Waals surface area (Å²) in [4.78, 5) is 23.7. The zero-order chi connectivity index (χ0) is 13.0. The molecule has 1 fully saturated rings. The van der Waals surface area contributed by atoms with Crippen LogP contribution in [0.3, 0.4) is 0 Å². The van der Waals surface area contributed by atoms with Gasteiger partial charge in [0.1, 0.15) is 0 Å². The number of carbonyl (C=O) groups excluding carboxylic acids is 2. The molecule has 3 nitrogen and oxygen atoms in total. The van der Waals surface area contributed by atoms with Crippen LogP contribution in [0.25, 0.3) is 16.8 Å². The summed E-state index contributed by atoms with van der Waals surface area (Å²) in [6.07, 6.45) is 3.82. The largest absolute Gasteiger partial charge is 0.295 e. The maximum absolute atomic E-state index is 12.0. The van der Waals surface area contributed by atoms with E-state index in [0.717, 1.165) is 21.9 Å². The number of amides is 2. The molecule has 1 saturated heterocycles. The van der Waals surface area contributed by atoms with Crippen LogP contribution in [0.2, 0.25) is 0 Å². The molecule has 2 atom stereocenters. The molecular formula is C16H11NO2. The van der Waals surface area contributed by atoms with Gasteiger partial charge in [0.25, 0.3) is 0 Å². The molecule has 3 heteroatoms. The standard InChI is InChI=1S/C16H11NO2/c18-15-13-8-7-11-10-4-2-1-3-9(10)5-6-12(11)14(13)16(19)17-15/h1-8,13-14H,(H,17,18,19). The Balaban J connectivity index is 2.02. The van der Waals surface area contributed by atoms with Gasteiger partial charge in [-0.15, -0.1) is 0 Å². The van der Waals surface area contributed by atoms with Crippen LogP contribution < -0.4 is 5.32 Å². The average molecular weight is 249 g/mol.